The minimum absolute atomic E-state index is 0.0932. The number of aliphatic carboxylic acids is 1. The lowest BCUT2D eigenvalue weighted by molar-refractivity contribution is -0.148. The van der Waals surface area contributed by atoms with Gasteiger partial charge >= 0.3 is 5.97 Å². The summed E-state index contributed by atoms with van der Waals surface area (Å²) in [6, 6.07) is 0. The van der Waals surface area contributed by atoms with Gasteiger partial charge in [0, 0.05) is 4.88 Å². The summed E-state index contributed by atoms with van der Waals surface area (Å²) in [5, 5.41) is 12.7. The fourth-order valence-electron chi connectivity index (χ4n) is 4.23. The second-order valence-electron chi connectivity index (χ2n) is 6.56. The van der Waals surface area contributed by atoms with Crippen molar-refractivity contribution in [2.45, 2.75) is 33.1 Å². The van der Waals surface area contributed by atoms with Crippen molar-refractivity contribution in [2.75, 3.05) is 5.32 Å². The molecule has 4 atom stereocenters. The Morgan fingerprint density at radius 1 is 1.17 bits per heavy atom. The number of thiophene rings is 1. The van der Waals surface area contributed by atoms with Gasteiger partial charge in [-0.1, -0.05) is 0 Å². The third-order valence-corrected chi connectivity index (χ3v) is 6.50. The number of carboxylic acid groups (broad SMARTS) is 1. The smallest absolute Gasteiger partial charge is 0.307 e. The van der Waals surface area contributed by atoms with Gasteiger partial charge in [0.05, 0.1) is 17.4 Å². The molecule has 0 spiro atoms. The first-order valence-corrected chi connectivity index (χ1v) is 8.56. The zero-order valence-electron chi connectivity index (χ0n) is 13.1. The van der Waals surface area contributed by atoms with E-state index in [9.17, 15) is 19.5 Å². The van der Waals surface area contributed by atoms with Crippen molar-refractivity contribution < 1.29 is 19.5 Å². The second-order valence-corrected chi connectivity index (χ2v) is 7.79. The van der Waals surface area contributed by atoms with E-state index in [2.05, 4.69) is 5.32 Å². The van der Waals surface area contributed by atoms with Crippen LogP contribution in [0.2, 0.25) is 0 Å². The highest BCUT2D eigenvalue weighted by molar-refractivity contribution is 7.16. The topological polar surface area (TPSA) is 109 Å². The van der Waals surface area contributed by atoms with Gasteiger partial charge in [-0.2, -0.15) is 0 Å². The number of carbonyl (C=O) groups is 3. The predicted molar refractivity (Wildman–Crippen MR) is 86.4 cm³/mol. The van der Waals surface area contributed by atoms with E-state index in [1.165, 1.54) is 11.3 Å². The molecule has 124 valence electrons. The first kappa shape index (κ1) is 16.0. The monoisotopic (exact) mass is 336 g/mol. The molecule has 4 N–H and O–H groups in total. The minimum atomic E-state index is -0.897. The number of aryl methyl sites for hydroxylation is 1. The molecule has 2 aliphatic rings. The molecule has 2 amide bonds. The van der Waals surface area contributed by atoms with E-state index in [4.69, 9.17) is 5.73 Å². The maximum Gasteiger partial charge on any atom is 0.307 e. The highest BCUT2D eigenvalue weighted by Crippen LogP contribution is 2.52. The van der Waals surface area contributed by atoms with Crippen molar-refractivity contribution >= 4 is 34.1 Å². The molecule has 0 radical (unpaired) electrons. The van der Waals surface area contributed by atoms with E-state index >= 15 is 0 Å². The fraction of sp³-hybridized carbons (Fsp3) is 0.562. The number of amides is 2. The SMILES string of the molecule is Cc1sc(NC(=O)[C@H]2[C@H]3CC[C@@H](C3)[C@H]2C(=O)O)c(C(N)=O)c1C. The molecule has 6 nitrogen and oxygen atoms in total. The van der Waals surface area contributed by atoms with Crippen LogP contribution in [0.5, 0.6) is 0 Å². The van der Waals surface area contributed by atoms with Gasteiger partial charge in [0.1, 0.15) is 5.00 Å². The van der Waals surface area contributed by atoms with E-state index in [1.807, 2.05) is 6.92 Å². The number of hydrogen-bond donors (Lipinski definition) is 3. The summed E-state index contributed by atoms with van der Waals surface area (Å²) in [7, 11) is 0. The molecule has 0 saturated heterocycles. The Kier molecular flexibility index (Phi) is 3.91. The molecule has 1 aromatic heterocycles. The molecule has 0 aliphatic heterocycles. The van der Waals surface area contributed by atoms with Crippen LogP contribution in [-0.4, -0.2) is 22.9 Å². The Hall–Kier alpha value is -1.89. The number of nitrogens with two attached hydrogens (primary N) is 1. The number of primary amides is 1. The Labute approximate surface area is 138 Å². The first-order chi connectivity index (χ1) is 10.8. The van der Waals surface area contributed by atoms with Crippen LogP contribution in [0.3, 0.4) is 0 Å². The molecule has 2 aliphatic carbocycles. The van der Waals surface area contributed by atoms with E-state index in [0.29, 0.717) is 10.6 Å². The van der Waals surface area contributed by atoms with Crippen LogP contribution in [-0.2, 0) is 9.59 Å². The van der Waals surface area contributed by atoms with Crippen molar-refractivity contribution in [2.24, 2.45) is 29.4 Å². The quantitative estimate of drug-likeness (QED) is 0.782. The largest absolute Gasteiger partial charge is 0.481 e. The Morgan fingerprint density at radius 3 is 2.35 bits per heavy atom. The lowest BCUT2D eigenvalue weighted by Gasteiger charge is -2.26. The Balaban J connectivity index is 1.86. The average Bonchev–Trinajstić information content (AvgIpc) is 3.12. The van der Waals surface area contributed by atoms with Crippen molar-refractivity contribution in [3.05, 3.63) is 16.0 Å². The molecular formula is C16H20N2O4S. The zero-order chi connectivity index (χ0) is 16.9. The maximum absolute atomic E-state index is 12.7. The van der Waals surface area contributed by atoms with Crippen LogP contribution in [0.15, 0.2) is 0 Å². The molecule has 0 unspecified atom stereocenters. The summed E-state index contributed by atoms with van der Waals surface area (Å²) in [5.74, 6) is -2.69. The van der Waals surface area contributed by atoms with Gasteiger partial charge in [-0.25, -0.2) is 0 Å². The third kappa shape index (κ3) is 2.52. The van der Waals surface area contributed by atoms with E-state index in [-0.39, 0.29) is 17.7 Å². The van der Waals surface area contributed by atoms with Crippen LogP contribution in [0.25, 0.3) is 0 Å². The zero-order valence-corrected chi connectivity index (χ0v) is 13.9. The number of anilines is 1. The van der Waals surface area contributed by atoms with Crippen molar-refractivity contribution in [1.29, 1.82) is 0 Å². The van der Waals surface area contributed by atoms with Gasteiger partial charge in [0.2, 0.25) is 5.91 Å². The van der Waals surface area contributed by atoms with E-state index in [1.54, 1.807) is 6.92 Å². The molecular weight excluding hydrogens is 316 g/mol. The molecule has 1 heterocycles. The molecule has 0 aromatic carbocycles. The van der Waals surface area contributed by atoms with Gasteiger partial charge in [0.25, 0.3) is 5.91 Å². The molecule has 23 heavy (non-hydrogen) atoms. The summed E-state index contributed by atoms with van der Waals surface area (Å²) >= 11 is 1.31. The highest BCUT2D eigenvalue weighted by Gasteiger charge is 2.54. The summed E-state index contributed by atoms with van der Waals surface area (Å²) in [6.45, 7) is 3.65. The molecule has 2 bridgehead atoms. The highest BCUT2D eigenvalue weighted by atomic mass is 32.1. The van der Waals surface area contributed by atoms with E-state index < -0.39 is 23.7 Å². The maximum atomic E-state index is 12.7. The van der Waals surface area contributed by atoms with Crippen LogP contribution in [0, 0.1) is 37.5 Å². The number of rotatable bonds is 4. The Bertz CT molecular complexity index is 696. The molecule has 1 aromatic rings. The molecule has 2 fully saturated rings. The van der Waals surface area contributed by atoms with Gasteiger partial charge in [-0.05, 0) is 50.5 Å². The lowest BCUT2D eigenvalue weighted by atomic mass is 9.79. The van der Waals surface area contributed by atoms with Crippen molar-refractivity contribution in [1.82, 2.24) is 0 Å². The van der Waals surface area contributed by atoms with Gasteiger partial charge in [-0.15, -0.1) is 11.3 Å². The fourth-order valence-corrected chi connectivity index (χ4v) is 5.30. The van der Waals surface area contributed by atoms with Crippen LogP contribution >= 0.6 is 11.3 Å². The second kappa shape index (κ2) is 5.63. The molecule has 2 saturated carbocycles. The van der Waals surface area contributed by atoms with Crippen molar-refractivity contribution in [3.8, 4) is 0 Å². The van der Waals surface area contributed by atoms with Gasteiger partial charge in [0.15, 0.2) is 0 Å². The van der Waals surface area contributed by atoms with Crippen molar-refractivity contribution in [3.63, 3.8) is 0 Å². The normalized spacial score (nSPS) is 28.8. The van der Waals surface area contributed by atoms with Gasteiger partial charge < -0.3 is 16.2 Å². The summed E-state index contributed by atoms with van der Waals surface area (Å²) < 4.78 is 0. The van der Waals surface area contributed by atoms with Crippen LogP contribution in [0.1, 0.15) is 40.1 Å². The first-order valence-electron chi connectivity index (χ1n) is 7.74. The van der Waals surface area contributed by atoms with Crippen LogP contribution < -0.4 is 11.1 Å². The number of fused-ring (bicyclic) bond motifs is 2. The summed E-state index contributed by atoms with van der Waals surface area (Å²) in [5.41, 5.74) is 6.51. The van der Waals surface area contributed by atoms with Crippen LogP contribution in [0.4, 0.5) is 5.00 Å². The van der Waals surface area contributed by atoms with E-state index in [0.717, 1.165) is 29.7 Å². The lowest BCUT2D eigenvalue weighted by Crippen LogP contribution is -2.38. The Morgan fingerprint density at radius 2 is 1.78 bits per heavy atom. The van der Waals surface area contributed by atoms with Gasteiger partial charge in [-0.3, -0.25) is 14.4 Å². The summed E-state index contributed by atoms with van der Waals surface area (Å²) in [4.78, 5) is 36.8. The summed E-state index contributed by atoms with van der Waals surface area (Å²) in [6.07, 6.45) is 2.59. The number of carbonyl (C=O) groups excluding carboxylic acids is 2. The average molecular weight is 336 g/mol. The molecule has 3 rings (SSSR count). The molecule has 7 heteroatoms. The third-order valence-electron chi connectivity index (χ3n) is 5.37. The minimum Gasteiger partial charge on any atom is -0.481 e. The predicted octanol–water partition coefficient (Wildman–Crippen LogP) is 2.15. The number of carboxylic acids is 1. The standard InChI is InChI=1S/C16H20N2O4S/c1-6-7(2)23-15(10(6)13(17)19)18-14(20)11-8-3-4-9(5-8)12(11)16(21)22/h8-9,11-12H,3-5H2,1-2H3,(H2,17,19)(H,18,20)(H,21,22)/t8-,9-,11-,12+/m0/s1. The number of hydrogen-bond acceptors (Lipinski definition) is 4. The number of nitrogens with one attached hydrogen (secondary N) is 1.